The molecule has 0 saturated heterocycles. The standard InChI is InChI=1S/C2N2.Au.H3N.H2S/c3-1-2-4;;;/h;;1H3;1H2. The van der Waals surface area contributed by atoms with Crippen LogP contribution in [0.5, 0.6) is 0 Å². The monoisotopic (exact) mass is 300 g/mol. The van der Waals surface area contributed by atoms with Gasteiger partial charge in [0.2, 0.25) is 0 Å². The van der Waals surface area contributed by atoms with Crippen molar-refractivity contribution in [3.8, 4) is 12.1 Å². The average Bonchev–Trinajstić information content (AvgIpc) is 1.37. The maximum absolute atomic E-state index is 7.26. The minimum atomic E-state index is 0. The van der Waals surface area contributed by atoms with Gasteiger partial charge in [-0.05, 0) is 0 Å². The summed E-state index contributed by atoms with van der Waals surface area (Å²) in [7, 11) is 0. The third kappa shape index (κ3) is 92.3. The van der Waals surface area contributed by atoms with E-state index < -0.39 is 0 Å². The molecule has 0 aliphatic carbocycles. The Hall–Kier alpha value is 0.0303. The fraction of sp³-hybridized carbons (Fsp3) is 0. The van der Waals surface area contributed by atoms with Crippen molar-refractivity contribution in [1.29, 1.82) is 10.5 Å². The van der Waals surface area contributed by atoms with Crippen LogP contribution in [0, 0.1) is 22.7 Å². The first-order valence-electron chi connectivity index (χ1n) is 0.697. The number of nitrogens with zero attached hydrogens (tertiary/aromatic N) is 2. The van der Waals surface area contributed by atoms with Crippen LogP contribution in [0.2, 0.25) is 0 Å². The average molecular weight is 300 g/mol. The Morgan fingerprint density at radius 1 is 1.00 bits per heavy atom. The smallest absolute Gasteiger partial charge is 0.181 e. The Labute approximate surface area is 64.9 Å². The summed E-state index contributed by atoms with van der Waals surface area (Å²) in [5.41, 5.74) is 0. The van der Waals surface area contributed by atoms with Gasteiger partial charge in [-0.15, -0.1) is 0 Å². The van der Waals surface area contributed by atoms with E-state index in [4.69, 9.17) is 10.5 Å². The summed E-state index contributed by atoms with van der Waals surface area (Å²) in [5.74, 6) is 0. The summed E-state index contributed by atoms with van der Waals surface area (Å²) in [6, 6.07) is 2.47. The molecular formula is C2H5AuN3S. The molecule has 0 atom stereocenters. The van der Waals surface area contributed by atoms with Gasteiger partial charge in [0.1, 0.15) is 0 Å². The number of hydrogen-bond donors (Lipinski definition) is 1. The van der Waals surface area contributed by atoms with Gasteiger partial charge in [0, 0.05) is 22.4 Å². The van der Waals surface area contributed by atoms with E-state index in [-0.39, 0.29) is 42.0 Å². The van der Waals surface area contributed by atoms with E-state index in [1.54, 1.807) is 0 Å². The molecule has 3 N–H and O–H groups in total. The van der Waals surface area contributed by atoms with E-state index in [0.29, 0.717) is 0 Å². The van der Waals surface area contributed by atoms with Gasteiger partial charge in [-0.2, -0.15) is 24.0 Å². The molecule has 0 saturated carbocycles. The third-order valence-corrected chi connectivity index (χ3v) is 0.0500. The molecule has 0 aliphatic rings. The van der Waals surface area contributed by atoms with Crippen molar-refractivity contribution in [3.05, 3.63) is 0 Å². The fourth-order valence-electron chi connectivity index (χ4n) is 0. The van der Waals surface area contributed by atoms with E-state index in [9.17, 15) is 0 Å². The number of nitriles is 2. The minimum Gasteiger partial charge on any atom is -0.344 e. The minimum absolute atomic E-state index is 0. The molecule has 7 heavy (non-hydrogen) atoms. The van der Waals surface area contributed by atoms with Crippen LogP contribution in [0.4, 0.5) is 0 Å². The molecule has 0 fully saturated rings. The van der Waals surface area contributed by atoms with Crippen molar-refractivity contribution < 1.29 is 22.4 Å². The molecule has 0 aromatic carbocycles. The van der Waals surface area contributed by atoms with Gasteiger partial charge in [-0.3, -0.25) is 0 Å². The maximum Gasteiger partial charge on any atom is 0.181 e. The van der Waals surface area contributed by atoms with Crippen LogP contribution < -0.4 is 6.15 Å². The van der Waals surface area contributed by atoms with Gasteiger partial charge in [-0.1, -0.05) is 0 Å². The van der Waals surface area contributed by atoms with Crippen LogP contribution in [0.1, 0.15) is 0 Å². The van der Waals surface area contributed by atoms with Crippen LogP contribution in [-0.4, -0.2) is 0 Å². The Kier molecular flexibility index (Phi) is 147. The summed E-state index contributed by atoms with van der Waals surface area (Å²) in [5, 5.41) is 14.5. The molecule has 0 aromatic heterocycles. The number of hydrogen-bond acceptors (Lipinski definition) is 3. The zero-order valence-corrected chi connectivity index (χ0v) is 6.57. The van der Waals surface area contributed by atoms with E-state index in [1.165, 1.54) is 12.1 Å². The second-order valence-electron chi connectivity index (χ2n) is 0.224. The SMILES string of the molecule is N.N#CC#N.S.[Au]. The zero-order valence-electron chi connectivity index (χ0n) is 3.40. The van der Waals surface area contributed by atoms with Crippen molar-refractivity contribution >= 4 is 13.5 Å². The van der Waals surface area contributed by atoms with Crippen molar-refractivity contribution in [2.75, 3.05) is 0 Å². The predicted molar refractivity (Wildman–Crippen MR) is 26.6 cm³/mol. The Balaban J connectivity index is -0.0000000150. The molecule has 0 unspecified atom stereocenters. The second kappa shape index (κ2) is 37.0. The molecule has 0 aromatic rings. The summed E-state index contributed by atoms with van der Waals surface area (Å²) in [6.45, 7) is 0. The van der Waals surface area contributed by atoms with Crippen LogP contribution >= 0.6 is 13.5 Å². The molecule has 0 aliphatic heterocycles. The van der Waals surface area contributed by atoms with Crippen LogP contribution in [0.3, 0.4) is 0 Å². The first-order chi connectivity index (χ1) is 1.91. The Morgan fingerprint density at radius 2 is 1.14 bits per heavy atom. The summed E-state index contributed by atoms with van der Waals surface area (Å²) in [4.78, 5) is 0. The summed E-state index contributed by atoms with van der Waals surface area (Å²) in [6.07, 6.45) is 0. The van der Waals surface area contributed by atoms with Crippen molar-refractivity contribution in [2.24, 2.45) is 0 Å². The second-order valence-corrected chi connectivity index (χ2v) is 0.224. The normalized spacial score (nSPS) is 1.43. The van der Waals surface area contributed by atoms with E-state index in [1.807, 2.05) is 0 Å². The predicted octanol–water partition coefficient (Wildman–Crippen LogP) is 0.306. The maximum atomic E-state index is 7.26. The van der Waals surface area contributed by atoms with Crippen LogP contribution in [0.15, 0.2) is 0 Å². The fourth-order valence-corrected chi connectivity index (χ4v) is 0. The number of rotatable bonds is 0. The largest absolute Gasteiger partial charge is 0.344 e. The van der Waals surface area contributed by atoms with Gasteiger partial charge < -0.3 is 6.15 Å². The summed E-state index contributed by atoms with van der Waals surface area (Å²) < 4.78 is 0. The van der Waals surface area contributed by atoms with E-state index >= 15 is 0 Å². The van der Waals surface area contributed by atoms with Crippen molar-refractivity contribution in [1.82, 2.24) is 6.15 Å². The molecule has 0 heterocycles. The zero-order chi connectivity index (χ0) is 3.41. The van der Waals surface area contributed by atoms with Gasteiger partial charge >= 0.3 is 0 Å². The Bertz CT molecular complexity index is 67.9. The molecule has 0 amide bonds. The van der Waals surface area contributed by atoms with Crippen LogP contribution in [-0.2, 0) is 22.4 Å². The first-order valence-corrected chi connectivity index (χ1v) is 0.697. The topological polar surface area (TPSA) is 82.6 Å². The van der Waals surface area contributed by atoms with Gasteiger partial charge in [0.25, 0.3) is 0 Å². The molecule has 0 rings (SSSR count). The molecule has 45 valence electrons. The Morgan fingerprint density at radius 3 is 1.14 bits per heavy atom. The molecule has 0 spiro atoms. The molecular weight excluding hydrogens is 295 g/mol. The third-order valence-electron chi connectivity index (χ3n) is 0.0500. The van der Waals surface area contributed by atoms with Crippen molar-refractivity contribution in [3.63, 3.8) is 0 Å². The first kappa shape index (κ1) is 27.8. The molecule has 5 heteroatoms. The molecule has 0 bridgehead atoms. The molecule has 1 radical (unpaired) electrons. The van der Waals surface area contributed by atoms with E-state index in [2.05, 4.69) is 0 Å². The van der Waals surface area contributed by atoms with Crippen molar-refractivity contribution in [2.45, 2.75) is 0 Å². The van der Waals surface area contributed by atoms with Gasteiger partial charge in [-0.25, -0.2) is 0 Å². The quantitative estimate of drug-likeness (QED) is 0.653. The van der Waals surface area contributed by atoms with E-state index in [0.717, 1.165) is 0 Å². The summed E-state index contributed by atoms with van der Waals surface area (Å²) >= 11 is 0. The van der Waals surface area contributed by atoms with Gasteiger partial charge in [0.15, 0.2) is 12.1 Å². The molecule has 3 nitrogen and oxygen atoms in total. The van der Waals surface area contributed by atoms with Crippen LogP contribution in [0.25, 0.3) is 0 Å². The van der Waals surface area contributed by atoms with Gasteiger partial charge in [0.05, 0.1) is 0 Å².